The molecule has 0 spiro atoms. The maximum atomic E-state index is 10.6. The minimum absolute atomic E-state index is 0.207. The molecule has 4 nitrogen and oxygen atoms in total. The highest BCUT2D eigenvalue weighted by atomic mass is 16.3. The number of aromatic nitrogens is 1. The summed E-state index contributed by atoms with van der Waals surface area (Å²) >= 11 is 0. The lowest BCUT2D eigenvalue weighted by Gasteiger charge is -2.20. The van der Waals surface area contributed by atoms with Gasteiger partial charge in [0.15, 0.2) is 0 Å². The first kappa shape index (κ1) is 20.1. The van der Waals surface area contributed by atoms with Crippen LogP contribution in [-0.2, 0) is 11.8 Å². The Morgan fingerprint density at radius 3 is 2.28 bits per heavy atom. The van der Waals surface area contributed by atoms with Crippen molar-refractivity contribution in [1.29, 1.82) is 0 Å². The normalized spacial score (nSPS) is 12.0. The number of rotatable bonds is 3. The van der Waals surface area contributed by atoms with Gasteiger partial charge in [0.25, 0.3) is 0 Å². The third kappa shape index (κ3) is 3.58. The third-order valence-corrected chi connectivity index (χ3v) is 5.83. The monoisotopic (exact) mass is 423 g/mol. The summed E-state index contributed by atoms with van der Waals surface area (Å²) < 4.78 is 6.15. The molecule has 4 heteroatoms. The second-order valence-corrected chi connectivity index (χ2v) is 9.27. The molecule has 32 heavy (non-hydrogen) atoms. The lowest BCUT2D eigenvalue weighted by molar-refractivity contribution is 0.446. The van der Waals surface area contributed by atoms with Crippen molar-refractivity contribution in [2.45, 2.75) is 32.6 Å². The smallest absolute Gasteiger partial charge is 0.228 e. The number of furan rings is 1. The molecule has 0 saturated carbocycles. The highest BCUT2D eigenvalue weighted by molar-refractivity contribution is 6.11. The second-order valence-electron chi connectivity index (χ2n) is 9.27. The van der Waals surface area contributed by atoms with E-state index in [1.165, 1.54) is 0 Å². The highest BCUT2D eigenvalue weighted by Gasteiger charge is 2.23. The molecule has 160 valence electrons. The van der Waals surface area contributed by atoms with Crippen LogP contribution >= 0.6 is 0 Å². The van der Waals surface area contributed by atoms with Crippen LogP contribution in [0.4, 0.5) is 0 Å². The topological polar surface area (TPSA) is 66.5 Å². The number of phenolic OH excluding ortho intramolecular Hbond substituents is 2. The Bertz CT molecular complexity index is 1430. The minimum Gasteiger partial charge on any atom is -0.508 e. The molecule has 0 amide bonds. The van der Waals surface area contributed by atoms with Gasteiger partial charge in [0.2, 0.25) is 5.71 Å². The van der Waals surface area contributed by atoms with Crippen molar-refractivity contribution in [1.82, 2.24) is 4.98 Å². The van der Waals surface area contributed by atoms with Crippen molar-refractivity contribution in [3.05, 3.63) is 89.6 Å². The average Bonchev–Trinajstić information content (AvgIpc) is 3.11. The minimum atomic E-state index is -0.207. The van der Waals surface area contributed by atoms with Crippen LogP contribution < -0.4 is 0 Å². The molecular formula is C28H25NO3. The Labute approximate surface area is 186 Å². The van der Waals surface area contributed by atoms with E-state index < -0.39 is 0 Å². The maximum Gasteiger partial charge on any atom is 0.228 e. The predicted octanol–water partition coefficient (Wildman–Crippen LogP) is 6.95. The number of phenols is 2. The SMILES string of the molecule is CC(C)(C)c1cc2c(cc1O)oc1nc(Cc3ccc(O)cc3)cc(-c3ccccc3)c12. The summed E-state index contributed by atoms with van der Waals surface area (Å²) in [6, 6.07) is 23.2. The van der Waals surface area contributed by atoms with E-state index >= 15 is 0 Å². The van der Waals surface area contributed by atoms with Crippen LogP contribution in [0.15, 0.2) is 77.2 Å². The zero-order valence-corrected chi connectivity index (χ0v) is 18.4. The highest BCUT2D eigenvalue weighted by Crippen LogP contribution is 2.41. The molecule has 0 atom stereocenters. The van der Waals surface area contributed by atoms with Crippen molar-refractivity contribution < 1.29 is 14.6 Å². The third-order valence-electron chi connectivity index (χ3n) is 5.83. The van der Waals surface area contributed by atoms with E-state index in [1.807, 2.05) is 36.4 Å². The summed E-state index contributed by atoms with van der Waals surface area (Å²) in [4.78, 5) is 4.83. The summed E-state index contributed by atoms with van der Waals surface area (Å²) in [6.45, 7) is 6.26. The fraction of sp³-hybridized carbons (Fsp3) is 0.179. The first-order valence-corrected chi connectivity index (χ1v) is 10.7. The van der Waals surface area contributed by atoms with Crippen LogP contribution in [0.5, 0.6) is 11.5 Å². The standard InChI is InChI=1S/C28H25NO3/c1-28(2,3)23-15-22-25(16-24(23)31)32-27-26(22)21(18-7-5-4-6-8-18)14-19(29-27)13-17-9-11-20(30)12-10-17/h4-12,14-16,30-31H,13H2,1-3H3. The molecular weight excluding hydrogens is 398 g/mol. The van der Waals surface area contributed by atoms with Gasteiger partial charge in [-0.2, -0.15) is 0 Å². The predicted molar refractivity (Wildman–Crippen MR) is 128 cm³/mol. The second kappa shape index (κ2) is 7.41. The van der Waals surface area contributed by atoms with E-state index in [4.69, 9.17) is 9.40 Å². The van der Waals surface area contributed by atoms with Crippen LogP contribution in [0, 0.1) is 0 Å². The first-order chi connectivity index (χ1) is 15.3. The Morgan fingerprint density at radius 1 is 0.875 bits per heavy atom. The van der Waals surface area contributed by atoms with Gasteiger partial charge in [0.1, 0.15) is 17.1 Å². The number of aromatic hydroxyl groups is 2. The van der Waals surface area contributed by atoms with Gasteiger partial charge in [-0.1, -0.05) is 63.2 Å². The number of hydrogen-bond acceptors (Lipinski definition) is 4. The van der Waals surface area contributed by atoms with Gasteiger partial charge in [-0.05, 0) is 46.4 Å². The van der Waals surface area contributed by atoms with Gasteiger partial charge < -0.3 is 14.6 Å². The number of hydrogen-bond donors (Lipinski definition) is 2. The van der Waals surface area contributed by atoms with E-state index in [9.17, 15) is 10.2 Å². The van der Waals surface area contributed by atoms with E-state index in [0.717, 1.165) is 38.7 Å². The molecule has 0 aliphatic rings. The fourth-order valence-corrected chi connectivity index (χ4v) is 4.22. The van der Waals surface area contributed by atoms with Gasteiger partial charge in [-0.3, -0.25) is 0 Å². The van der Waals surface area contributed by atoms with Crippen molar-refractivity contribution in [2.24, 2.45) is 0 Å². The lowest BCUT2D eigenvalue weighted by Crippen LogP contribution is -2.11. The zero-order chi connectivity index (χ0) is 22.5. The van der Waals surface area contributed by atoms with E-state index in [0.29, 0.717) is 17.7 Å². The zero-order valence-electron chi connectivity index (χ0n) is 18.4. The largest absolute Gasteiger partial charge is 0.508 e. The maximum absolute atomic E-state index is 10.6. The number of benzene rings is 3. The number of nitrogens with zero attached hydrogens (tertiary/aromatic N) is 1. The Balaban J connectivity index is 1.77. The fourth-order valence-electron chi connectivity index (χ4n) is 4.22. The Kier molecular flexibility index (Phi) is 4.66. The number of pyridine rings is 1. The van der Waals surface area contributed by atoms with Crippen molar-refractivity contribution in [2.75, 3.05) is 0 Å². The number of fused-ring (bicyclic) bond motifs is 3. The van der Waals surface area contributed by atoms with Crippen LogP contribution in [0.2, 0.25) is 0 Å². The molecule has 0 aliphatic carbocycles. The Morgan fingerprint density at radius 2 is 1.59 bits per heavy atom. The molecule has 0 fully saturated rings. The van der Waals surface area contributed by atoms with Gasteiger partial charge in [0.05, 0.1) is 5.39 Å². The molecule has 2 aromatic heterocycles. The molecule has 0 radical (unpaired) electrons. The van der Waals surface area contributed by atoms with E-state index in [1.54, 1.807) is 18.2 Å². The molecule has 5 rings (SSSR count). The molecule has 0 unspecified atom stereocenters. The van der Waals surface area contributed by atoms with E-state index in [2.05, 4.69) is 39.0 Å². The van der Waals surface area contributed by atoms with Crippen LogP contribution in [0.25, 0.3) is 33.2 Å². The van der Waals surface area contributed by atoms with Crippen LogP contribution in [-0.4, -0.2) is 15.2 Å². The molecule has 5 aromatic rings. The molecule has 2 heterocycles. The lowest BCUT2D eigenvalue weighted by atomic mass is 9.85. The van der Waals surface area contributed by atoms with Crippen molar-refractivity contribution in [3.63, 3.8) is 0 Å². The molecule has 0 bridgehead atoms. The summed E-state index contributed by atoms with van der Waals surface area (Å²) in [5.41, 5.74) is 5.91. The molecule has 2 N–H and O–H groups in total. The molecule has 3 aromatic carbocycles. The summed E-state index contributed by atoms with van der Waals surface area (Å²) in [5.74, 6) is 0.475. The first-order valence-electron chi connectivity index (χ1n) is 10.7. The summed E-state index contributed by atoms with van der Waals surface area (Å²) in [7, 11) is 0. The summed E-state index contributed by atoms with van der Waals surface area (Å²) in [5, 5.41) is 22.1. The average molecular weight is 424 g/mol. The molecule has 0 aliphatic heterocycles. The van der Waals surface area contributed by atoms with Crippen LogP contribution in [0.3, 0.4) is 0 Å². The Hall–Kier alpha value is -3.79. The van der Waals surface area contributed by atoms with Gasteiger partial charge in [-0.25, -0.2) is 4.98 Å². The summed E-state index contributed by atoms with van der Waals surface area (Å²) in [6.07, 6.45) is 0.617. The van der Waals surface area contributed by atoms with Crippen molar-refractivity contribution >= 4 is 22.1 Å². The van der Waals surface area contributed by atoms with Crippen molar-refractivity contribution in [3.8, 4) is 22.6 Å². The van der Waals surface area contributed by atoms with Gasteiger partial charge >= 0.3 is 0 Å². The molecule has 0 saturated heterocycles. The van der Waals surface area contributed by atoms with Gasteiger partial charge in [-0.15, -0.1) is 0 Å². The van der Waals surface area contributed by atoms with E-state index in [-0.39, 0.29) is 16.9 Å². The van der Waals surface area contributed by atoms with Crippen LogP contribution in [0.1, 0.15) is 37.6 Å². The van der Waals surface area contributed by atoms with Gasteiger partial charge in [0, 0.05) is 29.1 Å². The quantitative estimate of drug-likeness (QED) is 0.330.